The van der Waals surface area contributed by atoms with Crippen molar-refractivity contribution < 1.29 is 19.2 Å². The maximum absolute atomic E-state index is 12.0. The van der Waals surface area contributed by atoms with Crippen molar-refractivity contribution in [2.24, 2.45) is 0 Å². The summed E-state index contributed by atoms with van der Waals surface area (Å²) in [5.74, 6) is -0.249. The van der Waals surface area contributed by atoms with Crippen LogP contribution in [-0.4, -0.2) is 23.4 Å². The molecule has 0 unspecified atom stereocenters. The van der Waals surface area contributed by atoms with E-state index in [4.69, 9.17) is 0 Å². The van der Waals surface area contributed by atoms with Gasteiger partial charge in [0, 0.05) is 35.3 Å². The molecule has 0 aliphatic carbocycles. The number of hydrogen-bond acceptors (Lipinski definition) is 4. The molecule has 0 atom stereocenters. The topological polar surface area (TPSA) is 92.3 Å². The Labute approximate surface area is 177 Å². The molecule has 6 heteroatoms. The van der Waals surface area contributed by atoms with Crippen LogP contribution in [0.25, 0.3) is 0 Å². The summed E-state index contributed by atoms with van der Waals surface area (Å²) in [5, 5.41) is 5.61. The van der Waals surface area contributed by atoms with E-state index < -0.39 is 0 Å². The molecule has 0 saturated heterocycles. The Kier molecular flexibility index (Phi) is 8.94. The highest BCUT2D eigenvalue weighted by Gasteiger charge is 2.07. The second-order valence-electron chi connectivity index (χ2n) is 7.28. The lowest BCUT2D eigenvalue weighted by Crippen LogP contribution is -2.12. The third-order valence-corrected chi connectivity index (χ3v) is 4.66. The lowest BCUT2D eigenvalue weighted by atomic mass is 10.1. The minimum atomic E-state index is -0.0844. The van der Waals surface area contributed by atoms with E-state index in [-0.39, 0.29) is 23.4 Å². The van der Waals surface area contributed by atoms with E-state index in [1.165, 1.54) is 13.8 Å². The van der Waals surface area contributed by atoms with Gasteiger partial charge >= 0.3 is 0 Å². The van der Waals surface area contributed by atoms with Crippen molar-refractivity contribution >= 4 is 34.8 Å². The summed E-state index contributed by atoms with van der Waals surface area (Å²) in [7, 11) is 0. The Morgan fingerprint density at radius 2 is 1.03 bits per heavy atom. The fourth-order valence-corrected chi connectivity index (χ4v) is 3.00. The van der Waals surface area contributed by atoms with Crippen LogP contribution in [0, 0.1) is 0 Å². The average molecular weight is 408 g/mol. The van der Waals surface area contributed by atoms with Crippen LogP contribution in [-0.2, 0) is 9.59 Å². The predicted octanol–water partition coefficient (Wildman–Crippen LogP) is 5.01. The third kappa shape index (κ3) is 7.99. The van der Waals surface area contributed by atoms with E-state index in [0.29, 0.717) is 35.3 Å². The van der Waals surface area contributed by atoms with Crippen molar-refractivity contribution in [2.45, 2.75) is 52.4 Å². The first-order valence-electron chi connectivity index (χ1n) is 10.2. The summed E-state index contributed by atoms with van der Waals surface area (Å²) in [6, 6.07) is 13.8. The smallest absolute Gasteiger partial charge is 0.224 e. The van der Waals surface area contributed by atoms with Crippen LogP contribution in [0.3, 0.4) is 0 Å². The number of benzene rings is 2. The Morgan fingerprint density at radius 1 is 0.633 bits per heavy atom. The average Bonchev–Trinajstić information content (AvgIpc) is 2.71. The molecule has 30 heavy (non-hydrogen) atoms. The number of carbonyl (C=O) groups excluding carboxylic acids is 4. The van der Waals surface area contributed by atoms with Gasteiger partial charge in [-0.25, -0.2) is 0 Å². The van der Waals surface area contributed by atoms with Gasteiger partial charge < -0.3 is 10.6 Å². The first-order valence-corrected chi connectivity index (χ1v) is 10.2. The molecule has 0 radical (unpaired) electrons. The quantitative estimate of drug-likeness (QED) is 0.404. The minimum Gasteiger partial charge on any atom is -0.326 e. The van der Waals surface area contributed by atoms with Gasteiger partial charge in [0.1, 0.15) is 0 Å². The van der Waals surface area contributed by atoms with E-state index in [9.17, 15) is 19.2 Å². The molecule has 0 heterocycles. The van der Waals surface area contributed by atoms with Crippen LogP contribution < -0.4 is 10.6 Å². The SMILES string of the molecule is CC(=O)c1cccc(NC(=O)CCCCCCC(=O)Nc2cccc(C(C)=O)c2)c1. The Hall–Kier alpha value is -3.28. The Morgan fingerprint density at radius 3 is 1.40 bits per heavy atom. The molecule has 0 saturated carbocycles. The zero-order chi connectivity index (χ0) is 21.9. The molecule has 2 rings (SSSR count). The van der Waals surface area contributed by atoms with Crippen LogP contribution in [0.15, 0.2) is 48.5 Å². The van der Waals surface area contributed by atoms with Gasteiger partial charge in [-0.3, -0.25) is 19.2 Å². The second-order valence-corrected chi connectivity index (χ2v) is 7.28. The van der Waals surface area contributed by atoms with E-state index >= 15 is 0 Å². The molecule has 2 amide bonds. The van der Waals surface area contributed by atoms with Gasteiger partial charge in [-0.1, -0.05) is 37.1 Å². The Balaban J connectivity index is 1.61. The largest absolute Gasteiger partial charge is 0.326 e. The van der Waals surface area contributed by atoms with Gasteiger partial charge in [-0.2, -0.15) is 0 Å². The van der Waals surface area contributed by atoms with Crippen molar-refractivity contribution in [3.63, 3.8) is 0 Å². The zero-order valence-electron chi connectivity index (χ0n) is 17.5. The Bertz CT molecular complexity index is 845. The summed E-state index contributed by atoms with van der Waals surface area (Å²) in [4.78, 5) is 46.8. The predicted molar refractivity (Wildman–Crippen MR) is 118 cm³/mol. The molecule has 0 aliphatic rings. The second kappa shape index (κ2) is 11.7. The monoisotopic (exact) mass is 408 g/mol. The molecule has 158 valence electrons. The van der Waals surface area contributed by atoms with E-state index in [1.54, 1.807) is 48.5 Å². The summed E-state index contributed by atoms with van der Waals surface area (Å²) < 4.78 is 0. The van der Waals surface area contributed by atoms with Crippen LogP contribution in [0.1, 0.15) is 73.1 Å². The number of unbranched alkanes of at least 4 members (excludes halogenated alkanes) is 3. The number of nitrogens with one attached hydrogen (secondary N) is 2. The lowest BCUT2D eigenvalue weighted by molar-refractivity contribution is -0.117. The fraction of sp³-hybridized carbons (Fsp3) is 0.333. The number of rotatable bonds is 11. The van der Waals surface area contributed by atoms with Gasteiger partial charge in [0.15, 0.2) is 11.6 Å². The van der Waals surface area contributed by atoms with Crippen molar-refractivity contribution in [3.05, 3.63) is 59.7 Å². The van der Waals surface area contributed by atoms with E-state index in [0.717, 1.165) is 25.7 Å². The first-order chi connectivity index (χ1) is 14.3. The van der Waals surface area contributed by atoms with E-state index in [2.05, 4.69) is 10.6 Å². The molecule has 0 fully saturated rings. The number of carbonyl (C=O) groups is 4. The zero-order valence-corrected chi connectivity index (χ0v) is 17.5. The molecule has 6 nitrogen and oxygen atoms in total. The lowest BCUT2D eigenvalue weighted by Gasteiger charge is -2.07. The molecule has 2 aromatic rings. The standard InChI is InChI=1S/C24H28N2O4/c1-17(27)19-9-7-11-21(15-19)25-23(29)13-5-3-4-6-14-24(30)26-22-12-8-10-20(16-22)18(2)28/h7-12,15-16H,3-6,13-14H2,1-2H3,(H,25,29)(H,26,30). The van der Waals surface area contributed by atoms with E-state index in [1.807, 2.05) is 0 Å². The van der Waals surface area contributed by atoms with Crippen molar-refractivity contribution in [2.75, 3.05) is 10.6 Å². The number of amides is 2. The molecule has 2 aromatic carbocycles. The van der Waals surface area contributed by atoms with Gasteiger partial charge in [0.2, 0.25) is 11.8 Å². The molecule has 2 N–H and O–H groups in total. The number of Topliss-reactive ketones (excluding diaryl/α,β-unsaturated/α-hetero) is 2. The molecule has 0 aliphatic heterocycles. The van der Waals surface area contributed by atoms with Gasteiger partial charge in [-0.15, -0.1) is 0 Å². The van der Waals surface area contributed by atoms with Gasteiger partial charge in [0.25, 0.3) is 0 Å². The normalized spacial score (nSPS) is 10.3. The molecule has 0 aromatic heterocycles. The van der Waals surface area contributed by atoms with Crippen LogP contribution >= 0.6 is 0 Å². The summed E-state index contributed by atoms with van der Waals surface area (Å²) in [6.07, 6.45) is 3.98. The highest BCUT2D eigenvalue weighted by molar-refractivity contribution is 5.97. The summed E-state index contributed by atoms with van der Waals surface area (Å²) in [6.45, 7) is 2.98. The maximum atomic E-state index is 12.0. The number of anilines is 2. The molecular weight excluding hydrogens is 380 g/mol. The van der Waals surface area contributed by atoms with Crippen molar-refractivity contribution in [3.8, 4) is 0 Å². The van der Waals surface area contributed by atoms with Crippen molar-refractivity contribution in [1.82, 2.24) is 0 Å². The highest BCUT2D eigenvalue weighted by Crippen LogP contribution is 2.14. The first kappa shape index (κ1) is 23.0. The third-order valence-electron chi connectivity index (χ3n) is 4.66. The molecular formula is C24H28N2O4. The fourth-order valence-electron chi connectivity index (χ4n) is 3.00. The van der Waals surface area contributed by atoms with Gasteiger partial charge in [0.05, 0.1) is 0 Å². The maximum Gasteiger partial charge on any atom is 0.224 e. The van der Waals surface area contributed by atoms with Crippen LogP contribution in [0.4, 0.5) is 11.4 Å². The molecule has 0 spiro atoms. The minimum absolute atomic E-state index is 0.0401. The van der Waals surface area contributed by atoms with Crippen LogP contribution in [0.2, 0.25) is 0 Å². The van der Waals surface area contributed by atoms with Crippen molar-refractivity contribution in [1.29, 1.82) is 0 Å². The van der Waals surface area contributed by atoms with Gasteiger partial charge in [-0.05, 0) is 51.0 Å². The highest BCUT2D eigenvalue weighted by atomic mass is 16.2. The summed E-state index contributed by atoms with van der Waals surface area (Å²) in [5.41, 5.74) is 2.38. The number of ketones is 2. The van der Waals surface area contributed by atoms with Crippen LogP contribution in [0.5, 0.6) is 0 Å². The number of hydrogen-bond donors (Lipinski definition) is 2. The molecule has 0 bridgehead atoms. The summed E-state index contributed by atoms with van der Waals surface area (Å²) >= 11 is 0.